The van der Waals surface area contributed by atoms with Gasteiger partial charge in [-0.3, -0.25) is 14.0 Å². The van der Waals surface area contributed by atoms with Crippen LogP contribution < -0.4 is 9.47 Å². The number of thioether (sulfide) groups is 1. The summed E-state index contributed by atoms with van der Waals surface area (Å²) < 4.78 is 13.4. The van der Waals surface area contributed by atoms with Crippen LogP contribution in [0.2, 0.25) is 0 Å². The molecule has 0 unspecified atom stereocenters. The first-order chi connectivity index (χ1) is 16.7. The van der Waals surface area contributed by atoms with Crippen molar-refractivity contribution >= 4 is 40.4 Å². The molecule has 0 aliphatic carbocycles. The Labute approximate surface area is 198 Å². The minimum atomic E-state index is -0.667. The van der Waals surface area contributed by atoms with Crippen molar-refractivity contribution in [2.24, 2.45) is 0 Å². The van der Waals surface area contributed by atoms with Crippen LogP contribution in [-0.2, 0) is 9.59 Å². The summed E-state index contributed by atoms with van der Waals surface area (Å²) in [7, 11) is 0. The maximum Gasteiger partial charge on any atom is 0.267 e. The van der Waals surface area contributed by atoms with Gasteiger partial charge in [0.25, 0.3) is 5.91 Å². The molecule has 1 fully saturated rings. The number of nitrogens with zero attached hydrogens (tertiary/aromatic N) is 5. The average Bonchev–Trinajstić information content (AvgIpc) is 3.46. The predicted molar refractivity (Wildman–Crippen MR) is 125 cm³/mol. The Morgan fingerprint density at radius 2 is 1.74 bits per heavy atom. The number of nitrogens with one attached hydrogen (secondary N) is 1. The molecule has 0 saturated carbocycles. The van der Waals surface area contributed by atoms with Crippen molar-refractivity contribution in [2.75, 3.05) is 38.5 Å². The zero-order valence-electron chi connectivity index (χ0n) is 18.2. The van der Waals surface area contributed by atoms with Crippen molar-refractivity contribution in [3.8, 4) is 11.5 Å². The zero-order valence-corrected chi connectivity index (χ0v) is 19.0. The standard InChI is InChI=1S/C23H22N6O4S/c30-20(14-34-23-26-25-22-24-15-5-1-2-6-16(15)29(22)23)27-9-11-28(12-10-27)21(31)19-13-32-17-7-3-4-8-18(17)33-19/h1-8,19H,9-14H2,(H,24,25)/t19-/m1/s1. The van der Waals surface area contributed by atoms with Crippen LogP contribution in [0.4, 0.5) is 0 Å². The van der Waals surface area contributed by atoms with Crippen molar-refractivity contribution in [3.05, 3.63) is 48.5 Å². The van der Waals surface area contributed by atoms with Gasteiger partial charge in [-0.05, 0) is 24.3 Å². The van der Waals surface area contributed by atoms with Crippen LogP contribution in [0, 0.1) is 0 Å². The van der Waals surface area contributed by atoms with E-state index in [9.17, 15) is 9.59 Å². The number of carbonyl (C=O) groups is 2. The third kappa shape index (κ3) is 3.71. The molecular formula is C23H22N6O4S. The van der Waals surface area contributed by atoms with E-state index < -0.39 is 6.10 Å². The second-order valence-corrected chi connectivity index (χ2v) is 9.07. The number of aromatic amines is 1. The van der Waals surface area contributed by atoms with Crippen LogP contribution >= 0.6 is 11.8 Å². The van der Waals surface area contributed by atoms with Crippen molar-refractivity contribution < 1.29 is 19.1 Å². The van der Waals surface area contributed by atoms with Crippen molar-refractivity contribution in [3.63, 3.8) is 0 Å². The lowest BCUT2D eigenvalue weighted by Crippen LogP contribution is -2.55. The molecule has 4 heterocycles. The summed E-state index contributed by atoms with van der Waals surface area (Å²) in [4.78, 5) is 33.8. The first-order valence-electron chi connectivity index (χ1n) is 11.1. The summed E-state index contributed by atoms with van der Waals surface area (Å²) in [6.07, 6.45) is -0.667. The number of ether oxygens (including phenoxy) is 2. The minimum Gasteiger partial charge on any atom is -0.485 e. The lowest BCUT2D eigenvalue weighted by molar-refractivity contribution is -0.145. The van der Waals surface area contributed by atoms with E-state index in [1.807, 2.05) is 46.9 Å². The highest BCUT2D eigenvalue weighted by Crippen LogP contribution is 2.31. The van der Waals surface area contributed by atoms with Gasteiger partial charge in [-0.1, -0.05) is 36.0 Å². The van der Waals surface area contributed by atoms with Crippen LogP contribution in [0.15, 0.2) is 53.7 Å². The predicted octanol–water partition coefficient (Wildman–Crippen LogP) is 1.81. The van der Waals surface area contributed by atoms with Crippen molar-refractivity contribution in [1.82, 2.24) is 29.4 Å². The number of para-hydroxylation sites is 4. The summed E-state index contributed by atoms with van der Waals surface area (Å²) in [6.45, 7) is 2.09. The normalized spacial score (nSPS) is 17.9. The molecule has 2 amide bonds. The van der Waals surface area contributed by atoms with Crippen LogP contribution in [0.1, 0.15) is 0 Å². The Hall–Kier alpha value is -3.73. The largest absolute Gasteiger partial charge is 0.485 e. The molecule has 0 radical (unpaired) electrons. The summed E-state index contributed by atoms with van der Waals surface area (Å²) >= 11 is 1.37. The summed E-state index contributed by atoms with van der Waals surface area (Å²) in [5.74, 6) is 2.05. The lowest BCUT2D eigenvalue weighted by atomic mass is 10.2. The highest BCUT2D eigenvalue weighted by molar-refractivity contribution is 7.99. The summed E-state index contributed by atoms with van der Waals surface area (Å²) in [5.41, 5.74) is 1.82. The van der Waals surface area contributed by atoms with Crippen molar-refractivity contribution in [1.29, 1.82) is 0 Å². The van der Waals surface area contributed by atoms with Gasteiger partial charge in [0.1, 0.15) is 6.61 Å². The number of imidazole rings is 1. The molecule has 1 N–H and O–H groups in total. The second-order valence-electron chi connectivity index (χ2n) is 8.12. The highest BCUT2D eigenvalue weighted by atomic mass is 32.2. The summed E-state index contributed by atoms with van der Waals surface area (Å²) in [6, 6.07) is 15.1. The Morgan fingerprint density at radius 1 is 1.00 bits per heavy atom. The lowest BCUT2D eigenvalue weighted by Gasteiger charge is -2.37. The Balaban J connectivity index is 1.04. The zero-order chi connectivity index (χ0) is 23.1. The van der Waals surface area contributed by atoms with Crippen LogP contribution in [0.5, 0.6) is 11.5 Å². The highest BCUT2D eigenvalue weighted by Gasteiger charge is 2.33. The summed E-state index contributed by atoms with van der Waals surface area (Å²) in [5, 5.41) is 7.94. The van der Waals surface area contributed by atoms with Gasteiger partial charge >= 0.3 is 0 Å². The van der Waals surface area contributed by atoms with E-state index in [-0.39, 0.29) is 24.2 Å². The molecular weight excluding hydrogens is 456 g/mol. The van der Waals surface area contributed by atoms with Gasteiger partial charge in [-0.2, -0.15) is 0 Å². The second kappa shape index (κ2) is 8.56. The number of fused-ring (bicyclic) bond motifs is 4. The molecule has 6 rings (SSSR count). The van der Waals surface area contributed by atoms with Gasteiger partial charge < -0.3 is 19.3 Å². The fourth-order valence-corrected chi connectivity index (χ4v) is 5.14. The molecule has 1 atom stereocenters. The smallest absolute Gasteiger partial charge is 0.267 e. The third-order valence-corrected chi connectivity index (χ3v) is 6.98. The monoisotopic (exact) mass is 478 g/mol. The molecule has 2 aromatic carbocycles. The Bertz CT molecular complexity index is 1380. The number of hydrogen-bond acceptors (Lipinski definition) is 7. The van der Waals surface area contributed by atoms with E-state index in [1.165, 1.54) is 11.8 Å². The fourth-order valence-electron chi connectivity index (χ4n) is 4.28. The van der Waals surface area contributed by atoms with Gasteiger partial charge in [-0.25, -0.2) is 10.1 Å². The number of carbonyl (C=O) groups excluding carboxylic acids is 2. The fraction of sp³-hybridized carbons (Fsp3) is 0.304. The first kappa shape index (κ1) is 20.8. The maximum atomic E-state index is 12.9. The van der Waals surface area contributed by atoms with E-state index in [0.29, 0.717) is 48.6 Å². The Morgan fingerprint density at radius 3 is 2.59 bits per heavy atom. The molecule has 174 valence electrons. The van der Waals surface area contributed by atoms with Gasteiger partial charge in [0.05, 0.1) is 16.8 Å². The first-order valence-corrected chi connectivity index (χ1v) is 12.1. The van der Waals surface area contributed by atoms with E-state index in [0.717, 1.165) is 11.0 Å². The molecule has 4 aromatic rings. The van der Waals surface area contributed by atoms with Crippen LogP contribution in [0.25, 0.3) is 16.8 Å². The van der Waals surface area contributed by atoms with Gasteiger partial charge in [0.2, 0.25) is 17.8 Å². The SMILES string of the molecule is O=C(CSc1n[nH]c2nc3ccccc3n12)N1CCN(C(=O)[C@H]2COc3ccccc3O2)CC1. The Kier molecular flexibility index (Phi) is 5.25. The molecule has 2 aromatic heterocycles. The molecule has 0 spiro atoms. The molecule has 1 saturated heterocycles. The van der Waals surface area contributed by atoms with E-state index in [2.05, 4.69) is 15.2 Å². The third-order valence-electron chi connectivity index (χ3n) is 6.06. The quantitative estimate of drug-likeness (QED) is 0.446. The number of hydrogen-bond donors (Lipinski definition) is 1. The molecule has 11 heteroatoms. The van der Waals surface area contributed by atoms with Gasteiger partial charge in [0, 0.05) is 26.2 Å². The van der Waals surface area contributed by atoms with Crippen LogP contribution in [-0.4, -0.2) is 85.8 Å². The van der Waals surface area contributed by atoms with E-state index >= 15 is 0 Å². The number of aromatic nitrogens is 4. The number of rotatable bonds is 4. The number of benzene rings is 2. The maximum absolute atomic E-state index is 12.9. The average molecular weight is 479 g/mol. The van der Waals surface area contributed by atoms with E-state index in [1.54, 1.807) is 15.9 Å². The molecule has 0 bridgehead atoms. The molecule has 10 nitrogen and oxygen atoms in total. The topological polar surface area (TPSA) is 105 Å². The minimum absolute atomic E-state index is 0.0175. The van der Waals surface area contributed by atoms with Gasteiger partial charge in [0.15, 0.2) is 16.7 Å². The van der Waals surface area contributed by atoms with Crippen molar-refractivity contribution in [2.45, 2.75) is 11.3 Å². The number of H-pyrrole nitrogens is 1. The molecule has 34 heavy (non-hydrogen) atoms. The van der Waals surface area contributed by atoms with E-state index in [4.69, 9.17) is 9.47 Å². The van der Waals surface area contributed by atoms with Gasteiger partial charge in [-0.15, -0.1) is 5.10 Å². The molecule has 2 aliphatic heterocycles. The number of amides is 2. The molecule has 2 aliphatic rings. The number of piperazine rings is 1. The van der Waals surface area contributed by atoms with Crippen LogP contribution in [0.3, 0.4) is 0 Å².